The Balaban J connectivity index is 1.84. The van der Waals surface area contributed by atoms with Crippen molar-refractivity contribution in [2.75, 3.05) is 32.7 Å². The maximum absolute atomic E-state index is 9.84. The van der Waals surface area contributed by atoms with E-state index in [9.17, 15) is 5.11 Å². The number of β-amino-alcohol motifs (C(OH)–C–C–N with tert-alkyl or cyclic N) is 1. The van der Waals surface area contributed by atoms with Crippen LogP contribution in [0.5, 0.6) is 0 Å². The van der Waals surface area contributed by atoms with Crippen LogP contribution in [0.4, 0.5) is 0 Å². The van der Waals surface area contributed by atoms with E-state index in [0.717, 1.165) is 38.3 Å². The molecule has 0 atom stereocenters. The Kier molecular flexibility index (Phi) is 4.71. The molecule has 2 rings (SSSR count). The summed E-state index contributed by atoms with van der Waals surface area (Å²) >= 11 is 0. The van der Waals surface area contributed by atoms with Gasteiger partial charge in [0.2, 0.25) is 0 Å². The van der Waals surface area contributed by atoms with E-state index in [0.29, 0.717) is 12.2 Å². The van der Waals surface area contributed by atoms with Crippen molar-refractivity contribution in [2.45, 2.75) is 26.0 Å². The first kappa shape index (κ1) is 14.9. The first-order valence-corrected chi connectivity index (χ1v) is 6.98. The van der Waals surface area contributed by atoms with E-state index < -0.39 is 5.60 Å². The van der Waals surface area contributed by atoms with Crippen molar-refractivity contribution in [1.29, 1.82) is 5.26 Å². The lowest BCUT2D eigenvalue weighted by molar-refractivity contribution is 0.0167. The average Bonchev–Trinajstić information content (AvgIpc) is 2.40. The molecule has 0 unspecified atom stereocenters. The molecule has 0 bridgehead atoms. The molecule has 5 nitrogen and oxygen atoms in total. The van der Waals surface area contributed by atoms with Crippen LogP contribution >= 0.6 is 0 Å². The minimum atomic E-state index is -0.630. The predicted octanol–water partition coefficient (Wildman–Crippen LogP) is 0.842. The highest BCUT2D eigenvalue weighted by Gasteiger charge is 2.22. The van der Waals surface area contributed by atoms with Gasteiger partial charge in [-0.15, -0.1) is 0 Å². The molecular formula is C15H22N4O. The molecule has 20 heavy (non-hydrogen) atoms. The lowest BCUT2D eigenvalue weighted by Crippen LogP contribution is -2.50. The van der Waals surface area contributed by atoms with Crippen LogP contribution in [0.3, 0.4) is 0 Å². The highest BCUT2D eigenvalue weighted by atomic mass is 16.3. The maximum Gasteiger partial charge on any atom is 0.140 e. The van der Waals surface area contributed by atoms with E-state index in [1.165, 1.54) is 0 Å². The largest absolute Gasteiger partial charge is 0.389 e. The number of aliphatic hydroxyl groups is 1. The molecule has 0 radical (unpaired) electrons. The molecule has 0 aliphatic carbocycles. The smallest absolute Gasteiger partial charge is 0.140 e. The van der Waals surface area contributed by atoms with Crippen LogP contribution in [-0.4, -0.2) is 58.2 Å². The summed E-state index contributed by atoms with van der Waals surface area (Å²) in [6, 6.07) is 5.88. The molecule has 0 aromatic carbocycles. The van der Waals surface area contributed by atoms with Crippen LogP contribution in [-0.2, 0) is 6.54 Å². The van der Waals surface area contributed by atoms with Gasteiger partial charge in [-0.3, -0.25) is 9.80 Å². The molecule has 5 heteroatoms. The summed E-state index contributed by atoms with van der Waals surface area (Å²) in [6.07, 6.45) is 1.69. The highest BCUT2D eigenvalue weighted by molar-refractivity contribution is 5.25. The minimum Gasteiger partial charge on any atom is -0.389 e. The topological polar surface area (TPSA) is 63.4 Å². The summed E-state index contributed by atoms with van der Waals surface area (Å²) in [5.41, 5.74) is 0.977. The van der Waals surface area contributed by atoms with Crippen molar-refractivity contribution in [3.63, 3.8) is 0 Å². The van der Waals surface area contributed by atoms with Gasteiger partial charge in [-0.25, -0.2) is 4.98 Å². The predicted molar refractivity (Wildman–Crippen MR) is 77.0 cm³/mol. The van der Waals surface area contributed by atoms with Gasteiger partial charge in [0.25, 0.3) is 0 Å². The van der Waals surface area contributed by atoms with Crippen LogP contribution in [0.1, 0.15) is 25.1 Å². The highest BCUT2D eigenvalue weighted by Crippen LogP contribution is 2.11. The van der Waals surface area contributed by atoms with Crippen molar-refractivity contribution in [2.24, 2.45) is 0 Å². The lowest BCUT2D eigenvalue weighted by Gasteiger charge is -2.37. The minimum absolute atomic E-state index is 0.475. The zero-order valence-corrected chi connectivity index (χ0v) is 12.2. The van der Waals surface area contributed by atoms with E-state index in [2.05, 4.69) is 20.9 Å². The average molecular weight is 274 g/mol. The fourth-order valence-corrected chi connectivity index (χ4v) is 2.54. The molecule has 0 amide bonds. The Hall–Kier alpha value is -1.48. The van der Waals surface area contributed by atoms with Gasteiger partial charge in [-0.1, -0.05) is 0 Å². The van der Waals surface area contributed by atoms with E-state index in [4.69, 9.17) is 5.26 Å². The number of piperazine rings is 1. The molecule has 1 N–H and O–H groups in total. The molecule has 2 heterocycles. The molecule has 108 valence electrons. The quantitative estimate of drug-likeness (QED) is 0.881. The second kappa shape index (κ2) is 6.31. The maximum atomic E-state index is 9.84. The van der Waals surface area contributed by atoms with Crippen LogP contribution in [0.2, 0.25) is 0 Å². The Morgan fingerprint density at radius 3 is 2.55 bits per heavy atom. The Labute approximate surface area is 120 Å². The number of pyridine rings is 1. The summed E-state index contributed by atoms with van der Waals surface area (Å²) < 4.78 is 0. The van der Waals surface area contributed by atoms with Crippen molar-refractivity contribution in [3.8, 4) is 6.07 Å². The molecule has 1 aromatic heterocycles. The summed E-state index contributed by atoms with van der Waals surface area (Å²) in [5.74, 6) is 0. The third-order valence-electron chi connectivity index (χ3n) is 3.42. The Morgan fingerprint density at radius 1 is 1.30 bits per heavy atom. The van der Waals surface area contributed by atoms with Crippen molar-refractivity contribution < 1.29 is 5.11 Å². The van der Waals surface area contributed by atoms with Crippen LogP contribution in [0, 0.1) is 11.3 Å². The van der Waals surface area contributed by atoms with Gasteiger partial charge in [0.1, 0.15) is 11.8 Å². The van der Waals surface area contributed by atoms with Gasteiger partial charge in [-0.05, 0) is 31.5 Å². The Morgan fingerprint density at radius 2 is 1.95 bits per heavy atom. The number of nitriles is 1. The number of aromatic nitrogens is 1. The number of hydrogen-bond acceptors (Lipinski definition) is 5. The lowest BCUT2D eigenvalue weighted by atomic mass is 10.1. The van der Waals surface area contributed by atoms with Gasteiger partial charge in [0.15, 0.2) is 0 Å². The zero-order chi connectivity index (χ0) is 14.6. The normalized spacial score (nSPS) is 17.9. The first-order valence-electron chi connectivity index (χ1n) is 6.98. The van der Waals surface area contributed by atoms with Crippen molar-refractivity contribution >= 4 is 0 Å². The number of nitrogens with zero attached hydrogens (tertiary/aromatic N) is 4. The third kappa shape index (κ3) is 4.57. The second-order valence-corrected chi connectivity index (χ2v) is 6.03. The fraction of sp³-hybridized carbons (Fsp3) is 0.600. The van der Waals surface area contributed by atoms with Crippen LogP contribution in [0.15, 0.2) is 18.3 Å². The molecular weight excluding hydrogens is 252 g/mol. The summed E-state index contributed by atoms with van der Waals surface area (Å²) in [5, 5.41) is 18.7. The van der Waals surface area contributed by atoms with E-state index in [-0.39, 0.29) is 0 Å². The molecule has 0 saturated carbocycles. The summed E-state index contributed by atoms with van der Waals surface area (Å²) in [4.78, 5) is 8.66. The molecule has 1 fully saturated rings. The summed E-state index contributed by atoms with van der Waals surface area (Å²) in [7, 11) is 0. The van der Waals surface area contributed by atoms with Crippen LogP contribution < -0.4 is 0 Å². The monoisotopic (exact) mass is 274 g/mol. The van der Waals surface area contributed by atoms with Gasteiger partial charge in [0.05, 0.1) is 5.60 Å². The van der Waals surface area contributed by atoms with Gasteiger partial charge < -0.3 is 5.11 Å². The second-order valence-electron chi connectivity index (χ2n) is 6.03. The van der Waals surface area contributed by atoms with Gasteiger partial charge in [0, 0.05) is 45.5 Å². The molecule has 0 spiro atoms. The van der Waals surface area contributed by atoms with E-state index >= 15 is 0 Å². The zero-order valence-electron chi connectivity index (χ0n) is 12.2. The molecule has 1 aromatic rings. The van der Waals surface area contributed by atoms with Crippen molar-refractivity contribution in [3.05, 3.63) is 29.6 Å². The molecule has 1 aliphatic heterocycles. The van der Waals surface area contributed by atoms with Gasteiger partial charge in [-0.2, -0.15) is 5.26 Å². The van der Waals surface area contributed by atoms with Gasteiger partial charge >= 0.3 is 0 Å². The fourth-order valence-electron chi connectivity index (χ4n) is 2.54. The van der Waals surface area contributed by atoms with E-state index in [1.54, 1.807) is 6.20 Å². The standard InChI is InChI=1S/C15H22N4O/c1-15(2,20)12-19-7-5-18(6-8-19)11-13-3-4-17-14(9-13)10-16/h3-4,9,20H,5-8,11-12H2,1-2H3. The summed E-state index contributed by atoms with van der Waals surface area (Å²) in [6.45, 7) is 9.18. The number of rotatable bonds is 4. The number of hydrogen-bond donors (Lipinski definition) is 1. The van der Waals surface area contributed by atoms with E-state index in [1.807, 2.05) is 26.0 Å². The SMILES string of the molecule is CC(C)(O)CN1CCN(Cc2ccnc(C#N)c2)CC1. The third-order valence-corrected chi connectivity index (χ3v) is 3.42. The molecule has 1 aliphatic rings. The molecule has 1 saturated heterocycles. The van der Waals surface area contributed by atoms with Crippen LogP contribution in [0.25, 0.3) is 0 Å². The van der Waals surface area contributed by atoms with Crippen molar-refractivity contribution in [1.82, 2.24) is 14.8 Å². The Bertz CT molecular complexity index is 481. The first-order chi connectivity index (χ1) is 9.46.